The Labute approximate surface area is 97.6 Å². The molecule has 0 heterocycles. The number of para-hydroxylation sites is 1. The molecule has 3 N–H and O–H groups in total. The zero-order chi connectivity index (χ0) is 12.8. The van der Waals surface area contributed by atoms with Crippen molar-refractivity contribution in [3.05, 3.63) is 33.9 Å². The average Bonchev–Trinajstić information content (AvgIpc) is 2.28. The fraction of sp³-hybridized carbons (Fsp3) is 0.300. The molecule has 0 fully saturated rings. The Morgan fingerprint density at radius 2 is 2.35 bits per heavy atom. The van der Waals surface area contributed by atoms with Crippen molar-refractivity contribution in [2.45, 2.75) is 13.3 Å². The third-order valence-electron chi connectivity index (χ3n) is 2.13. The van der Waals surface area contributed by atoms with Crippen molar-refractivity contribution in [2.75, 3.05) is 6.61 Å². The van der Waals surface area contributed by atoms with Gasteiger partial charge in [0.2, 0.25) is 0 Å². The van der Waals surface area contributed by atoms with Crippen molar-refractivity contribution in [3.63, 3.8) is 0 Å². The number of oxime groups is 1. The van der Waals surface area contributed by atoms with E-state index in [1.54, 1.807) is 19.1 Å². The number of aryl methyl sites for hydroxylation is 1. The van der Waals surface area contributed by atoms with Crippen molar-refractivity contribution in [2.24, 2.45) is 10.9 Å². The third kappa shape index (κ3) is 3.33. The summed E-state index contributed by atoms with van der Waals surface area (Å²) in [6.45, 7) is 1.74. The molecular weight excluding hydrogens is 226 g/mol. The molecular formula is C10H13N3O4. The predicted molar refractivity (Wildman–Crippen MR) is 61.4 cm³/mol. The number of nitro benzene ring substituents is 1. The van der Waals surface area contributed by atoms with Crippen LogP contribution in [0.3, 0.4) is 0 Å². The number of nitro groups is 1. The summed E-state index contributed by atoms with van der Waals surface area (Å²) in [5.74, 6) is 0.195. The molecule has 0 radical (unpaired) electrons. The summed E-state index contributed by atoms with van der Waals surface area (Å²) >= 11 is 0. The van der Waals surface area contributed by atoms with E-state index in [-0.39, 0.29) is 30.3 Å². The van der Waals surface area contributed by atoms with Crippen LogP contribution >= 0.6 is 0 Å². The second kappa shape index (κ2) is 5.69. The van der Waals surface area contributed by atoms with Gasteiger partial charge in [-0.3, -0.25) is 10.1 Å². The number of hydrogen-bond acceptors (Lipinski definition) is 5. The Hall–Kier alpha value is -2.31. The van der Waals surface area contributed by atoms with Crippen LogP contribution in [0.1, 0.15) is 12.0 Å². The molecule has 0 aliphatic rings. The third-order valence-corrected chi connectivity index (χ3v) is 2.13. The summed E-state index contributed by atoms with van der Waals surface area (Å²) in [6.07, 6.45) is 0.196. The minimum Gasteiger partial charge on any atom is -0.486 e. The van der Waals surface area contributed by atoms with E-state index < -0.39 is 4.92 Å². The van der Waals surface area contributed by atoms with Gasteiger partial charge in [0, 0.05) is 12.0 Å². The summed E-state index contributed by atoms with van der Waals surface area (Å²) in [5.41, 5.74) is 5.71. The molecule has 0 saturated heterocycles. The van der Waals surface area contributed by atoms with Gasteiger partial charge in [0.15, 0.2) is 5.75 Å². The molecule has 0 unspecified atom stereocenters. The first kappa shape index (κ1) is 12.8. The summed E-state index contributed by atoms with van der Waals surface area (Å²) < 4.78 is 5.24. The van der Waals surface area contributed by atoms with Gasteiger partial charge in [-0.1, -0.05) is 17.3 Å². The predicted octanol–water partition coefficient (Wildman–Crippen LogP) is 1.42. The van der Waals surface area contributed by atoms with Crippen LogP contribution in [0.4, 0.5) is 5.69 Å². The van der Waals surface area contributed by atoms with Gasteiger partial charge in [-0.25, -0.2) is 0 Å². The molecule has 1 aromatic rings. The van der Waals surface area contributed by atoms with E-state index in [0.29, 0.717) is 5.56 Å². The fourth-order valence-electron chi connectivity index (χ4n) is 1.30. The lowest BCUT2D eigenvalue weighted by Crippen LogP contribution is -2.15. The Kier molecular flexibility index (Phi) is 4.27. The van der Waals surface area contributed by atoms with E-state index in [1.165, 1.54) is 6.07 Å². The lowest BCUT2D eigenvalue weighted by Gasteiger charge is -2.07. The number of ether oxygens (including phenoxy) is 1. The first-order chi connectivity index (χ1) is 8.06. The highest BCUT2D eigenvalue weighted by Crippen LogP contribution is 2.30. The topological polar surface area (TPSA) is 111 Å². The lowest BCUT2D eigenvalue weighted by molar-refractivity contribution is -0.386. The van der Waals surface area contributed by atoms with E-state index in [2.05, 4.69) is 5.16 Å². The second-order valence-corrected chi connectivity index (χ2v) is 3.37. The van der Waals surface area contributed by atoms with Crippen molar-refractivity contribution < 1.29 is 14.9 Å². The number of nitrogens with two attached hydrogens (primary N) is 1. The quantitative estimate of drug-likeness (QED) is 0.265. The fourth-order valence-corrected chi connectivity index (χ4v) is 1.30. The number of rotatable bonds is 5. The van der Waals surface area contributed by atoms with Crippen LogP contribution in [0, 0.1) is 17.0 Å². The largest absolute Gasteiger partial charge is 0.486 e. The van der Waals surface area contributed by atoms with Crippen LogP contribution < -0.4 is 10.5 Å². The summed E-state index contributed by atoms with van der Waals surface area (Å²) in [4.78, 5) is 10.3. The van der Waals surface area contributed by atoms with Gasteiger partial charge in [-0.15, -0.1) is 0 Å². The van der Waals surface area contributed by atoms with Crippen LogP contribution in [-0.4, -0.2) is 22.6 Å². The van der Waals surface area contributed by atoms with Gasteiger partial charge in [0.25, 0.3) is 0 Å². The molecule has 1 rings (SSSR count). The number of nitrogens with zero attached hydrogens (tertiary/aromatic N) is 2. The summed E-state index contributed by atoms with van der Waals surface area (Å²) in [6, 6.07) is 4.81. The van der Waals surface area contributed by atoms with Crippen LogP contribution in [0.2, 0.25) is 0 Å². The van der Waals surface area contributed by atoms with Crippen molar-refractivity contribution in [1.82, 2.24) is 0 Å². The van der Waals surface area contributed by atoms with Gasteiger partial charge >= 0.3 is 5.69 Å². The van der Waals surface area contributed by atoms with E-state index in [9.17, 15) is 10.1 Å². The minimum absolute atomic E-state index is 0.0142. The molecule has 0 bridgehead atoms. The van der Waals surface area contributed by atoms with Gasteiger partial charge in [0.1, 0.15) is 5.84 Å². The molecule has 7 nitrogen and oxygen atoms in total. The average molecular weight is 239 g/mol. The van der Waals surface area contributed by atoms with Crippen molar-refractivity contribution in [3.8, 4) is 5.75 Å². The molecule has 17 heavy (non-hydrogen) atoms. The first-order valence-electron chi connectivity index (χ1n) is 4.89. The maximum absolute atomic E-state index is 10.8. The van der Waals surface area contributed by atoms with Crippen molar-refractivity contribution in [1.29, 1.82) is 0 Å². The lowest BCUT2D eigenvalue weighted by atomic mass is 10.2. The number of hydrogen-bond donors (Lipinski definition) is 2. The van der Waals surface area contributed by atoms with Crippen LogP contribution in [0.15, 0.2) is 23.4 Å². The monoisotopic (exact) mass is 239 g/mol. The summed E-state index contributed by atoms with van der Waals surface area (Å²) in [5, 5.41) is 21.9. The zero-order valence-electron chi connectivity index (χ0n) is 9.29. The molecule has 0 amide bonds. The van der Waals surface area contributed by atoms with Gasteiger partial charge in [-0.05, 0) is 13.0 Å². The van der Waals surface area contributed by atoms with Gasteiger partial charge in [-0.2, -0.15) is 0 Å². The maximum Gasteiger partial charge on any atom is 0.313 e. The Balaban J connectivity index is 2.77. The SMILES string of the molecule is Cc1cccc(OCC/C(N)=N/O)c1[N+](=O)[O-]. The number of benzene rings is 1. The van der Waals surface area contributed by atoms with E-state index in [0.717, 1.165) is 0 Å². The smallest absolute Gasteiger partial charge is 0.313 e. The standard InChI is InChI=1S/C10H13N3O4/c1-7-3-2-4-8(10(7)13(15)16)17-6-5-9(11)12-14/h2-4,14H,5-6H2,1H3,(H2,11,12). The highest BCUT2D eigenvalue weighted by Gasteiger charge is 2.17. The van der Waals surface area contributed by atoms with Gasteiger partial charge in [0.05, 0.1) is 11.5 Å². The summed E-state index contributed by atoms with van der Waals surface area (Å²) in [7, 11) is 0. The molecule has 1 aromatic carbocycles. The molecule has 7 heteroatoms. The second-order valence-electron chi connectivity index (χ2n) is 3.37. The zero-order valence-corrected chi connectivity index (χ0v) is 9.29. The van der Waals surface area contributed by atoms with E-state index >= 15 is 0 Å². The maximum atomic E-state index is 10.8. The first-order valence-corrected chi connectivity index (χ1v) is 4.89. The highest BCUT2D eigenvalue weighted by molar-refractivity contribution is 5.79. The normalized spacial score (nSPS) is 11.2. The molecule has 0 spiro atoms. The molecule has 92 valence electrons. The Morgan fingerprint density at radius 1 is 1.65 bits per heavy atom. The van der Waals surface area contributed by atoms with E-state index in [1.807, 2.05) is 0 Å². The molecule has 0 saturated carbocycles. The van der Waals surface area contributed by atoms with Crippen LogP contribution in [0.5, 0.6) is 5.75 Å². The van der Waals surface area contributed by atoms with E-state index in [4.69, 9.17) is 15.7 Å². The minimum atomic E-state index is -0.492. The molecule has 0 aliphatic heterocycles. The van der Waals surface area contributed by atoms with Gasteiger partial charge < -0.3 is 15.7 Å². The molecule has 0 aromatic heterocycles. The van der Waals surface area contributed by atoms with Crippen LogP contribution in [0.25, 0.3) is 0 Å². The van der Waals surface area contributed by atoms with Crippen molar-refractivity contribution >= 4 is 11.5 Å². The molecule has 0 atom stereocenters. The Morgan fingerprint density at radius 3 is 2.94 bits per heavy atom. The molecule has 0 aliphatic carbocycles. The number of amidine groups is 1. The highest BCUT2D eigenvalue weighted by atomic mass is 16.6. The van der Waals surface area contributed by atoms with Crippen LogP contribution in [-0.2, 0) is 0 Å². The Bertz CT molecular complexity index is 445.